The zero-order valence-electron chi connectivity index (χ0n) is 9.25. The van der Waals surface area contributed by atoms with Gasteiger partial charge in [-0.3, -0.25) is 4.68 Å². The van der Waals surface area contributed by atoms with Crippen molar-refractivity contribution >= 4 is 5.69 Å². The summed E-state index contributed by atoms with van der Waals surface area (Å²) in [5, 5.41) is 10.8. The number of aromatic nitrogens is 2. The van der Waals surface area contributed by atoms with Gasteiger partial charge < -0.3 is 10.6 Å². The predicted molar refractivity (Wildman–Crippen MR) is 59.5 cm³/mol. The van der Waals surface area contributed by atoms with Gasteiger partial charge in [0.15, 0.2) is 0 Å². The second-order valence-corrected chi connectivity index (χ2v) is 3.79. The van der Waals surface area contributed by atoms with E-state index in [4.69, 9.17) is 0 Å². The zero-order valence-corrected chi connectivity index (χ0v) is 9.25. The molecule has 0 aliphatic carbocycles. The van der Waals surface area contributed by atoms with Crippen LogP contribution in [0.1, 0.15) is 20.3 Å². The molecule has 0 fully saturated rings. The van der Waals surface area contributed by atoms with E-state index in [1.807, 2.05) is 19.4 Å². The molecule has 0 saturated heterocycles. The fraction of sp³-hybridized carbons (Fsp3) is 0.700. The van der Waals surface area contributed by atoms with Crippen LogP contribution in [0.4, 0.5) is 5.69 Å². The van der Waals surface area contributed by atoms with E-state index in [0.717, 1.165) is 25.2 Å². The molecule has 80 valence electrons. The Bertz CT molecular complexity index is 254. The number of aryl methyl sites for hydroxylation is 1. The molecule has 4 nitrogen and oxygen atoms in total. The maximum Gasteiger partial charge on any atom is 0.0726 e. The van der Waals surface area contributed by atoms with Crippen LogP contribution >= 0.6 is 0 Å². The van der Waals surface area contributed by atoms with E-state index in [9.17, 15) is 0 Å². The maximum absolute atomic E-state index is 4.08. The van der Waals surface area contributed by atoms with Crippen molar-refractivity contribution in [1.29, 1.82) is 0 Å². The van der Waals surface area contributed by atoms with Gasteiger partial charge in [-0.1, -0.05) is 13.8 Å². The lowest BCUT2D eigenvalue weighted by molar-refractivity contribution is 0.578. The Kier molecular flexibility index (Phi) is 4.46. The lowest BCUT2D eigenvalue weighted by Gasteiger charge is -2.07. The predicted octanol–water partition coefficient (Wildman–Crippen LogP) is 1.22. The molecule has 0 spiro atoms. The summed E-state index contributed by atoms with van der Waals surface area (Å²) in [5.41, 5.74) is 1.09. The monoisotopic (exact) mass is 196 g/mol. The van der Waals surface area contributed by atoms with E-state index < -0.39 is 0 Å². The molecule has 1 aromatic heterocycles. The maximum atomic E-state index is 4.08. The highest BCUT2D eigenvalue weighted by Gasteiger charge is 1.94. The Balaban J connectivity index is 2.04. The average Bonchev–Trinajstić information content (AvgIpc) is 2.50. The topological polar surface area (TPSA) is 41.9 Å². The van der Waals surface area contributed by atoms with Crippen molar-refractivity contribution in [3.63, 3.8) is 0 Å². The van der Waals surface area contributed by atoms with Crippen LogP contribution in [0.2, 0.25) is 0 Å². The van der Waals surface area contributed by atoms with Gasteiger partial charge >= 0.3 is 0 Å². The van der Waals surface area contributed by atoms with Gasteiger partial charge in [0, 0.05) is 25.8 Å². The molecule has 1 aromatic rings. The largest absolute Gasteiger partial charge is 0.382 e. The first-order chi connectivity index (χ1) is 6.68. The van der Waals surface area contributed by atoms with Crippen molar-refractivity contribution in [2.45, 2.75) is 26.3 Å². The summed E-state index contributed by atoms with van der Waals surface area (Å²) < 4.78 is 1.80. The molecular weight excluding hydrogens is 176 g/mol. The molecule has 0 aliphatic heterocycles. The van der Waals surface area contributed by atoms with Crippen LogP contribution in [0, 0.1) is 0 Å². The van der Waals surface area contributed by atoms with Crippen LogP contribution in [0.15, 0.2) is 12.4 Å². The molecule has 0 atom stereocenters. The SMILES string of the molecule is CC(C)NCCCNc1cnn(C)c1. The molecule has 2 N–H and O–H groups in total. The van der Waals surface area contributed by atoms with Crippen LogP contribution in [-0.2, 0) is 7.05 Å². The summed E-state index contributed by atoms with van der Waals surface area (Å²) in [6.07, 6.45) is 4.96. The second kappa shape index (κ2) is 5.65. The Morgan fingerprint density at radius 3 is 2.79 bits per heavy atom. The third-order valence-corrected chi connectivity index (χ3v) is 1.94. The lowest BCUT2D eigenvalue weighted by atomic mass is 10.3. The van der Waals surface area contributed by atoms with Crippen molar-refractivity contribution in [1.82, 2.24) is 15.1 Å². The Morgan fingerprint density at radius 1 is 1.43 bits per heavy atom. The molecule has 1 heterocycles. The molecule has 0 aliphatic rings. The van der Waals surface area contributed by atoms with Gasteiger partial charge in [0.25, 0.3) is 0 Å². The van der Waals surface area contributed by atoms with Gasteiger partial charge in [0.05, 0.1) is 11.9 Å². The van der Waals surface area contributed by atoms with Crippen molar-refractivity contribution in [2.75, 3.05) is 18.4 Å². The molecule has 0 bridgehead atoms. The van der Waals surface area contributed by atoms with E-state index in [1.165, 1.54) is 0 Å². The molecule has 14 heavy (non-hydrogen) atoms. The third kappa shape index (κ3) is 4.28. The molecule has 0 unspecified atom stereocenters. The smallest absolute Gasteiger partial charge is 0.0726 e. The van der Waals surface area contributed by atoms with Crippen molar-refractivity contribution in [3.05, 3.63) is 12.4 Å². The van der Waals surface area contributed by atoms with Gasteiger partial charge in [-0.05, 0) is 13.0 Å². The van der Waals surface area contributed by atoms with E-state index >= 15 is 0 Å². The lowest BCUT2D eigenvalue weighted by Crippen LogP contribution is -2.25. The number of rotatable bonds is 6. The van der Waals surface area contributed by atoms with Gasteiger partial charge in [-0.25, -0.2) is 0 Å². The number of nitrogens with one attached hydrogen (secondary N) is 2. The Morgan fingerprint density at radius 2 is 2.21 bits per heavy atom. The minimum absolute atomic E-state index is 0.577. The van der Waals surface area contributed by atoms with E-state index in [2.05, 4.69) is 29.6 Å². The minimum Gasteiger partial charge on any atom is -0.382 e. The highest BCUT2D eigenvalue weighted by molar-refractivity contribution is 5.37. The summed E-state index contributed by atoms with van der Waals surface area (Å²) >= 11 is 0. The van der Waals surface area contributed by atoms with Crippen LogP contribution in [0.5, 0.6) is 0 Å². The van der Waals surface area contributed by atoms with Crippen molar-refractivity contribution in [3.8, 4) is 0 Å². The van der Waals surface area contributed by atoms with Crippen LogP contribution < -0.4 is 10.6 Å². The minimum atomic E-state index is 0.577. The fourth-order valence-electron chi connectivity index (χ4n) is 1.22. The first-order valence-electron chi connectivity index (χ1n) is 5.14. The molecule has 0 saturated carbocycles. The summed E-state index contributed by atoms with van der Waals surface area (Å²) in [7, 11) is 1.92. The number of hydrogen-bond acceptors (Lipinski definition) is 3. The van der Waals surface area contributed by atoms with Gasteiger partial charge in [-0.15, -0.1) is 0 Å². The third-order valence-electron chi connectivity index (χ3n) is 1.94. The highest BCUT2D eigenvalue weighted by atomic mass is 15.3. The molecule has 0 radical (unpaired) electrons. The van der Waals surface area contributed by atoms with Crippen molar-refractivity contribution in [2.24, 2.45) is 7.05 Å². The molecule has 0 amide bonds. The standard InChI is InChI=1S/C10H20N4/c1-9(2)11-5-4-6-12-10-7-13-14(3)8-10/h7-9,11-12H,4-6H2,1-3H3. The number of nitrogens with zero attached hydrogens (tertiary/aromatic N) is 2. The zero-order chi connectivity index (χ0) is 10.4. The summed E-state index contributed by atoms with van der Waals surface area (Å²) in [5.74, 6) is 0. The van der Waals surface area contributed by atoms with Gasteiger partial charge in [0.2, 0.25) is 0 Å². The van der Waals surface area contributed by atoms with E-state index in [1.54, 1.807) is 4.68 Å². The summed E-state index contributed by atoms with van der Waals surface area (Å²) in [6.45, 7) is 6.37. The molecule has 1 rings (SSSR count). The summed E-state index contributed by atoms with van der Waals surface area (Å²) in [6, 6.07) is 0.577. The van der Waals surface area contributed by atoms with E-state index in [0.29, 0.717) is 6.04 Å². The van der Waals surface area contributed by atoms with Crippen LogP contribution in [0.25, 0.3) is 0 Å². The molecular formula is C10H20N4. The first kappa shape index (κ1) is 11.0. The first-order valence-corrected chi connectivity index (χ1v) is 5.14. The van der Waals surface area contributed by atoms with Crippen LogP contribution in [0.3, 0.4) is 0 Å². The molecule has 0 aromatic carbocycles. The highest BCUT2D eigenvalue weighted by Crippen LogP contribution is 2.02. The Labute approximate surface area is 85.7 Å². The number of hydrogen-bond donors (Lipinski definition) is 2. The quantitative estimate of drug-likeness (QED) is 0.672. The average molecular weight is 196 g/mol. The van der Waals surface area contributed by atoms with Gasteiger partial charge in [-0.2, -0.15) is 5.10 Å². The number of anilines is 1. The van der Waals surface area contributed by atoms with Crippen LogP contribution in [-0.4, -0.2) is 28.9 Å². The second-order valence-electron chi connectivity index (χ2n) is 3.79. The van der Waals surface area contributed by atoms with Crippen molar-refractivity contribution < 1.29 is 0 Å². The Hall–Kier alpha value is -1.03. The fourth-order valence-corrected chi connectivity index (χ4v) is 1.22. The molecule has 4 heteroatoms. The van der Waals surface area contributed by atoms with E-state index in [-0.39, 0.29) is 0 Å². The normalized spacial score (nSPS) is 10.9. The summed E-state index contributed by atoms with van der Waals surface area (Å²) in [4.78, 5) is 0. The van der Waals surface area contributed by atoms with Gasteiger partial charge in [0.1, 0.15) is 0 Å².